The van der Waals surface area contributed by atoms with Gasteiger partial charge >= 0.3 is 0 Å². The molecule has 2 nitrogen and oxygen atoms in total. The van der Waals surface area contributed by atoms with Crippen LogP contribution in [0.3, 0.4) is 0 Å². The summed E-state index contributed by atoms with van der Waals surface area (Å²) >= 11 is 0. The maximum Gasteiger partial charge on any atom is 0.126 e. The molecule has 3 heteroatoms. The second kappa shape index (κ2) is 5.96. The van der Waals surface area contributed by atoms with Crippen LogP contribution in [0.2, 0.25) is 0 Å². The van der Waals surface area contributed by atoms with Gasteiger partial charge in [0.15, 0.2) is 0 Å². The summed E-state index contributed by atoms with van der Waals surface area (Å²) in [6.45, 7) is 2.39. The Bertz CT molecular complexity index is 359. The SMILES string of the molecule is CCOc1ccc(F)cc1C=CCC=O. The summed E-state index contributed by atoms with van der Waals surface area (Å²) < 4.78 is 18.3. The van der Waals surface area contributed by atoms with Crippen molar-refractivity contribution in [3.05, 3.63) is 35.7 Å². The molecule has 1 aromatic carbocycles. The van der Waals surface area contributed by atoms with E-state index in [2.05, 4.69) is 0 Å². The zero-order valence-corrected chi connectivity index (χ0v) is 8.57. The molecule has 0 aliphatic carbocycles. The summed E-state index contributed by atoms with van der Waals surface area (Å²) in [7, 11) is 0. The Balaban J connectivity index is 2.90. The van der Waals surface area contributed by atoms with Crippen molar-refractivity contribution < 1.29 is 13.9 Å². The third-order valence-corrected chi connectivity index (χ3v) is 1.80. The van der Waals surface area contributed by atoms with E-state index in [1.54, 1.807) is 18.2 Å². The second-order valence-corrected chi connectivity index (χ2v) is 2.92. The molecular formula is C12H13FO2. The van der Waals surface area contributed by atoms with Crippen molar-refractivity contribution >= 4 is 12.4 Å². The summed E-state index contributed by atoms with van der Waals surface area (Å²) in [6, 6.07) is 4.31. The van der Waals surface area contributed by atoms with Gasteiger partial charge in [-0.1, -0.05) is 12.2 Å². The first kappa shape index (κ1) is 11.4. The predicted molar refractivity (Wildman–Crippen MR) is 57.3 cm³/mol. The third kappa shape index (κ3) is 3.54. The molecule has 0 aliphatic rings. The normalized spacial score (nSPS) is 10.5. The van der Waals surface area contributed by atoms with Gasteiger partial charge in [-0.05, 0) is 25.1 Å². The molecule has 0 bridgehead atoms. The minimum Gasteiger partial charge on any atom is -0.493 e. The minimum atomic E-state index is -0.316. The molecule has 0 aliphatic heterocycles. The fraction of sp³-hybridized carbons (Fsp3) is 0.250. The number of benzene rings is 1. The zero-order valence-electron chi connectivity index (χ0n) is 8.57. The summed E-state index contributed by atoms with van der Waals surface area (Å²) in [5.74, 6) is 0.310. The van der Waals surface area contributed by atoms with Crippen molar-refractivity contribution in [3.63, 3.8) is 0 Å². The molecule has 0 atom stereocenters. The third-order valence-electron chi connectivity index (χ3n) is 1.80. The molecule has 80 valence electrons. The van der Waals surface area contributed by atoms with Gasteiger partial charge in [0.25, 0.3) is 0 Å². The lowest BCUT2D eigenvalue weighted by molar-refractivity contribution is -0.107. The van der Waals surface area contributed by atoms with Crippen LogP contribution >= 0.6 is 0 Å². The molecule has 15 heavy (non-hydrogen) atoms. The lowest BCUT2D eigenvalue weighted by Gasteiger charge is -2.06. The van der Waals surface area contributed by atoms with Crippen LogP contribution in [0.15, 0.2) is 24.3 Å². The van der Waals surface area contributed by atoms with Crippen molar-refractivity contribution in [2.75, 3.05) is 6.61 Å². The van der Waals surface area contributed by atoms with Gasteiger partial charge < -0.3 is 9.53 Å². The summed E-state index contributed by atoms with van der Waals surface area (Å²) in [5, 5.41) is 0. The Hall–Kier alpha value is -1.64. The van der Waals surface area contributed by atoms with Gasteiger partial charge in [0, 0.05) is 12.0 Å². The van der Waals surface area contributed by atoms with E-state index >= 15 is 0 Å². The monoisotopic (exact) mass is 208 g/mol. The quantitative estimate of drug-likeness (QED) is 0.695. The number of carbonyl (C=O) groups is 1. The fourth-order valence-corrected chi connectivity index (χ4v) is 1.19. The van der Waals surface area contributed by atoms with Gasteiger partial charge in [-0.3, -0.25) is 0 Å². The Morgan fingerprint density at radius 3 is 2.93 bits per heavy atom. The summed E-state index contributed by atoms with van der Waals surface area (Å²) in [6.07, 6.45) is 4.46. The Labute approximate surface area is 88.4 Å². The van der Waals surface area contributed by atoms with E-state index in [0.717, 1.165) is 6.29 Å². The molecule has 0 heterocycles. The molecule has 1 aromatic rings. The summed E-state index contributed by atoms with van der Waals surface area (Å²) in [5.41, 5.74) is 0.652. The van der Waals surface area contributed by atoms with Crippen molar-refractivity contribution in [1.82, 2.24) is 0 Å². The molecule has 0 radical (unpaired) electrons. The average Bonchev–Trinajstić information content (AvgIpc) is 2.22. The Morgan fingerprint density at radius 2 is 2.27 bits per heavy atom. The molecule has 0 N–H and O–H groups in total. The van der Waals surface area contributed by atoms with Crippen LogP contribution in [0, 0.1) is 5.82 Å². The van der Waals surface area contributed by atoms with Gasteiger partial charge in [0.1, 0.15) is 17.9 Å². The van der Waals surface area contributed by atoms with E-state index in [1.165, 1.54) is 12.1 Å². The first-order chi connectivity index (χ1) is 7.27. The number of hydrogen-bond acceptors (Lipinski definition) is 2. The maximum atomic E-state index is 12.9. The molecular weight excluding hydrogens is 195 g/mol. The molecule has 0 amide bonds. The van der Waals surface area contributed by atoms with E-state index in [-0.39, 0.29) is 5.82 Å². The Kier molecular flexibility index (Phi) is 4.54. The summed E-state index contributed by atoms with van der Waals surface area (Å²) in [4.78, 5) is 10.1. The van der Waals surface area contributed by atoms with Gasteiger partial charge in [0.05, 0.1) is 6.61 Å². The molecule has 1 rings (SSSR count). The largest absolute Gasteiger partial charge is 0.493 e. The number of allylic oxidation sites excluding steroid dienone is 1. The minimum absolute atomic E-state index is 0.316. The van der Waals surface area contributed by atoms with Crippen molar-refractivity contribution in [1.29, 1.82) is 0 Å². The average molecular weight is 208 g/mol. The maximum absolute atomic E-state index is 12.9. The highest BCUT2D eigenvalue weighted by Gasteiger charge is 2.01. The van der Waals surface area contributed by atoms with Crippen LogP contribution in [0.4, 0.5) is 4.39 Å². The number of carbonyl (C=O) groups excluding carboxylic acids is 1. The van der Waals surface area contributed by atoms with Crippen LogP contribution in [0.5, 0.6) is 5.75 Å². The first-order valence-electron chi connectivity index (χ1n) is 4.80. The van der Waals surface area contributed by atoms with Crippen LogP contribution in [-0.2, 0) is 4.79 Å². The first-order valence-corrected chi connectivity index (χ1v) is 4.80. The molecule has 0 fully saturated rings. The highest BCUT2D eigenvalue weighted by Crippen LogP contribution is 2.21. The van der Waals surface area contributed by atoms with Crippen LogP contribution in [0.25, 0.3) is 6.08 Å². The zero-order chi connectivity index (χ0) is 11.1. The number of ether oxygens (including phenoxy) is 1. The number of hydrogen-bond donors (Lipinski definition) is 0. The molecule has 0 unspecified atom stereocenters. The van der Waals surface area contributed by atoms with Crippen molar-refractivity contribution in [2.24, 2.45) is 0 Å². The van der Waals surface area contributed by atoms with Gasteiger partial charge in [-0.25, -0.2) is 4.39 Å². The smallest absolute Gasteiger partial charge is 0.126 e. The fourth-order valence-electron chi connectivity index (χ4n) is 1.19. The molecule has 0 aromatic heterocycles. The van der Waals surface area contributed by atoms with Gasteiger partial charge in [-0.2, -0.15) is 0 Å². The van der Waals surface area contributed by atoms with E-state index < -0.39 is 0 Å². The van der Waals surface area contributed by atoms with Gasteiger partial charge in [-0.15, -0.1) is 0 Å². The topological polar surface area (TPSA) is 26.3 Å². The van der Waals surface area contributed by atoms with Crippen molar-refractivity contribution in [3.8, 4) is 5.75 Å². The van der Waals surface area contributed by atoms with E-state index in [1.807, 2.05) is 6.92 Å². The van der Waals surface area contributed by atoms with Crippen LogP contribution < -0.4 is 4.74 Å². The highest BCUT2D eigenvalue weighted by molar-refractivity contribution is 5.61. The number of halogens is 1. The van der Waals surface area contributed by atoms with Crippen molar-refractivity contribution in [2.45, 2.75) is 13.3 Å². The van der Waals surface area contributed by atoms with Crippen LogP contribution in [-0.4, -0.2) is 12.9 Å². The number of aldehydes is 1. The second-order valence-electron chi connectivity index (χ2n) is 2.92. The Morgan fingerprint density at radius 1 is 1.47 bits per heavy atom. The molecule has 0 saturated heterocycles. The lowest BCUT2D eigenvalue weighted by atomic mass is 10.1. The lowest BCUT2D eigenvalue weighted by Crippen LogP contribution is -1.94. The molecule has 0 saturated carbocycles. The predicted octanol–water partition coefficient (Wildman–Crippen LogP) is 2.83. The highest BCUT2D eigenvalue weighted by atomic mass is 19.1. The number of rotatable bonds is 5. The van der Waals surface area contributed by atoms with Crippen LogP contribution in [0.1, 0.15) is 18.9 Å². The van der Waals surface area contributed by atoms with E-state index in [4.69, 9.17) is 4.74 Å². The standard InChI is InChI=1S/C12H13FO2/c1-2-15-12-7-6-11(13)9-10(12)5-3-4-8-14/h3,5-9H,2,4H2,1H3. The van der Waals surface area contributed by atoms with E-state index in [9.17, 15) is 9.18 Å². The van der Waals surface area contributed by atoms with E-state index in [0.29, 0.717) is 24.3 Å². The molecule has 0 spiro atoms. The van der Waals surface area contributed by atoms with Gasteiger partial charge in [0.2, 0.25) is 0 Å².